The predicted octanol–water partition coefficient (Wildman–Crippen LogP) is 3.56. The summed E-state index contributed by atoms with van der Waals surface area (Å²) in [5.74, 6) is 2.37. The van der Waals surface area contributed by atoms with E-state index >= 15 is 0 Å². The van der Waals surface area contributed by atoms with Gasteiger partial charge in [-0.25, -0.2) is 4.98 Å². The number of hydrogen-bond acceptors (Lipinski definition) is 5. The molecule has 1 aliphatic rings. The third kappa shape index (κ3) is 2.42. The van der Waals surface area contributed by atoms with E-state index in [0.29, 0.717) is 6.04 Å². The molecular formula is C12H14N2S3. The minimum atomic E-state index is 0.452. The smallest absolute Gasteiger partial charge is 0.111 e. The first-order valence-electron chi connectivity index (χ1n) is 5.65. The lowest BCUT2D eigenvalue weighted by Gasteiger charge is -2.20. The van der Waals surface area contributed by atoms with Gasteiger partial charge in [-0.05, 0) is 23.9 Å². The van der Waals surface area contributed by atoms with E-state index in [-0.39, 0.29) is 0 Å². The van der Waals surface area contributed by atoms with Gasteiger partial charge in [0.25, 0.3) is 0 Å². The van der Waals surface area contributed by atoms with Crippen molar-refractivity contribution in [1.29, 1.82) is 0 Å². The van der Waals surface area contributed by atoms with Gasteiger partial charge in [-0.2, -0.15) is 11.8 Å². The molecule has 0 radical (unpaired) electrons. The van der Waals surface area contributed by atoms with Crippen molar-refractivity contribution in [3.63, 3.8) is 0 Å². The maximum Gasteiger partial charge on any atom is 0.111 e. The summed E-state index contributed by atoms with van der Waals surface area (Å²) >= 11 is 5.58. The molecule has 0 bridgehead atoms. The average molecular weight is 282 g/mol. The Morgan fingerprint density at radius 3 is 3.06 bits per heavy atom. The summed E-state index contributed by atoms with van der Waals surface area (Å²) in [6, 6.07) is 2.61. The zero-order valence-corrected chi connectivity index (χ0v) is 12.1. The Labute approximate surface area is 113 Å². The molecule has 3 heterocycles. The molecule has 0 spiro atoms. The topological polar surface area (TPSA) is 24.9 Å². The molecule has 1 saturated heterocycles. The molecule has 2 aromatic heterocycles. The van der Waals surface area contributed by atoms with Crippen molar-refractivity contribution in [2.24, 2.45) is 0 Å². The number of hydrogen-bond donors (Lipinski definition) is 1. The largest absolute Gasteiger partial charge is 0.306 e. The van der Waals surface area contributed by atoms with E-state index in [4.69, 9.17) is 4.98 Å². The SMILES string of the molecule is Cc1ccsc1-c1csc(C2CSCCN2)n1. The number of thiophene rings is 1. The molecule has 1 unspecified atom stereocenters. The fraction of sp³-hybridized carbons (Fsp3) is 0.417. The second-order valence-corrected chi connectivity index (χ2v) is 7.04. The van der Waals surface area contributed by atoms with Gasteiger partial charge >= 0.3 is 0 Å². The molecule has 2 nitrogen and oxygen atoms in total. The molecular weight excluding hydrogens is 268 g/mol. The molecule has 0 amide bonds. The maximum atomic E-state index is 4.79. The third-order valence-electron chi connectivity index (χ3n) is 2.84. The highest BCUT2D eigenvalue weighted by Crippen LogP contribution is 2.32. The van der Waals surface area contributed by atoms with Crippen LogP contribution >= 0.6 is 34.4 Å². The van der Waals surface area contributed by atoms with Gasteiger partial charge in [0, 0.05) is 23.4 Å². The van der Waals surface area contributed by atoms with Crippen LogP contribution in [0.4, 0.5) is 0 Å². The first kappa shape index (κ1) is 11.7. The molecule has 1 N–H and O–H groups in total. The second kappa shape index (κ2) is 5.10. The van der Waals surface area contributed by atoms with Gasteiger partial charge in [0.2, 0.25) is 0 Å². The Morgan fingerprint density at radius 2 is 2.35 bits per heavy atom. The Hall–Kier alpha value is -0.360. The van der Waals surface area contributed by atoms with Crippen LogP contribution in [0, 0.1) is 6.92 Å². The quantitative estimate of drug-likeness (QED) is 0.911. The molecule has 1 fully saturated rings. The van der Waals surface area contributed by atoms with E-state index in [9.17, 15) is 0 Å². The van der Waals surface area contributed by atoms with Gasteiger partial charge in [-0.3, -0.25) is 0 Å². The van der Waals surface area contributed by atoms with Crippen molar-refractivity contribution < 1.29 is 0 Å². The average Bonchev–Trinajstić information content (AvgIpc) is 2.98. The lowest BCUT2D eigenvalue weighted by atomic mass is 10.2. The zero-order valence-electron chi connectivity index (χ0n) is 9.60. The second-order valence-electron chi connectivity index (χ2n) is 4.09. The van der Waals surface area contributed by atoms with Crippen LogP contribution in [-0.2, 0) is 0 Å². The van der Waals surface area contributed by atoms with Crippen molar-refractivity contribution in [1.82, 2.24) is 10.3 Å². The molecule has 0 aromatic carbocycles. The van der Waals surface area contributed by atoms with Crippen molar-refractivity contribution in [3.8, 4) is 10.6 Å². The van der Waals surface area contributed by atoms with Gasteiger partial charge in [0.15, 0.2) is 0 Å². The summed E-state index contributed by atoms with van der Waals surface area (Å²) in [5, 5.41) is 9.10. The number of aryl methyl sites for hydroxylation is 1. The first-order valence-corrected chi connectivity index (χ1v) is 8.57. The van der Waals surface area contributed by atoms with E-state index in [0.717, 1.165) is 18.0 Å². The van der Waals surface area contributed by atoms with E-state index in [1.807, 2.05) is 11.8 Å². The van der Waals surface area contributed by atoms with Crippen molar-refractivity contribution in [3.05, 3.63) is 27.4 Å². The van der Waals surface area contributed by atoms with Crippen LogP contribution in [0.25, 0.3) is 10.6 Å². The number of thioether (sulfide) groups is 1. The molecule has 5 heteroatoms. The summed E-state index contributed by atoms with van der Waals surface area (Å²) in [4.78, 5) is 6.11. The first-order chi connectivity index (χ1) is 8.34. The maximum absolute atomic E-state index is 4.79. The van der Waals surface area contributed by atoms with E-state index in [1.54, 1.807) is 22.7 Å². The number of nitrogens with one attached hydrogen (secondary N) is 1. The minimum absolute atomic E-state index is 0.452. The Morgan fingerprint density at radius 1 is 1.41 bits per heavy atom. The molecule has 0 saturated carbocycles. The molecule has 1 aliphatic heterocycles. The van der Waals surface area contributed by atoms with Crippen LogP contribution in [0.3, 0.4) is 0 Å². The van der Waals surface area contributed by atoms with Crippen LogP contribution in [0.2, 0.25) is 0 Å². The van der Waals surface area contributed by atoms with Crippen LogP contribution in [0.1, 0.15) is 16.6 Å². The highest BCUT2D eigenvalue weighted by atomic mass is 32.2. The standard InChI is InChI=1S/C12H14N2S3/c1-8-2-4-16-11(8)9-7-17-12(14-9)10-6-15-5-3-13-10/h2,4,7,10,13H,3,5-6H2,1H3. The summed E-state index contributed by atoms with van der Waals surface area (Å²) < 4.78 is 0. The summed E-state index contributed by atoms with van der Waals surface area (Å²) in [6.07, 6.45) is 0. The van der Waals surface area contributed by atoms with Crippen molar-refractivity contribution in [2.45, 2.75) is 13.0 Å². The monoisotopic (exact) mass is 282 g/mol. The highest BCUT2D eigenvalue weighted by Gasteiger charge is 2.19. The lowest BCUT2D eigenvalue weighted by Crippen LogP contribution is -2.30. The Balaban J connectivity index is 1.85. The fourth-order valence-corrected chi connectivity index (χ4v) is 4.80. The van der Waals surface area contributed by atoms with Gasteiger partial charge in [-0.1, -0.05) is 0 Å². The number of nitrogens with zero attached hydrogens (tertiary/aromatic N) is 1. The predicted molar refractivity (Wildman–Crippen MR) is 78.2 cm³/mol. The summed E-state index contributed by atoms with van der Waals surface area (Å²) in [6.45, 7) is 3.25. The molecule has 17 heavy (non-hydrogen) atoms. The van der Waals surface area contributed by atoms with Gasteiger partial charge < -0.3 is 5.32 Å². The number of rotatable bonds is 2. The van der Waals surface area contributed by atoms with Crippen LogP contribution in [0.15, 0.2) is 16.8 Å². The van der Waals surface area contributed by atoms with Gasteiger partial charge in [0.1, 0.15) is 5.01 Å². The zero-order chi connectivity index (χ0) is 11.7. The number of aromatic nitrogens is 1. The van der Waals surface area contributed by atoms with Gasteiger partial charge in [0.05, 0.1) is 16.6 Å². The third-order valence-corrected chi connectivity index (χ3v) is 5.90. The minimum Gasteiger partial charge on any atom is -0.306 e. The normalized spacial score (nSPS) is 20.6. The highest BCUT2D eigenvalue weighted by molar-refractivity contribution is 7.99. The summed E-state index contributed by atoms with van der Waals surface area (Å²) in [5.41, 5.74) is 2.48. The Kier molecular flexibility index (Phi) is 3.51. The van der Waals surface area contributed by atoms with Crippen LogP contribution < -0.4 is 5.32 Å². The van der Waals surface area contributed by atoms with Crippen LogP contribution in [0.5, 0.6) is 0 Å². The summed E-state index contributed by atoms with van der Waals surface area (Å²) in [7, 11) is 0. The van der Waals surface area contributed by atoms with Crippen LogP contribution in [-0.4, -0.2) is 23.0 Å². The molecule has 90 valence electrons. The lowest BCUT2D eigenvalue weighted by molar-refractivity contribution is 0.592. The van der Waals surface area contributed by atoms with Crippen molar-refractivity contribution in [2.75, 3.05) is 18.1 Å². The molecule has 1 atom stereocenters. The fourth-order valence-electron chi connectivity index (χ4n) is 1.91. The molecule has 3 rings (SSSR count). The molecule has 0 aliphatic carbocycles. The number of thiazole rings is 1. The molecule has 2 aromatic rings. The van der Waals surface area contributed by atoms with E-state index < -0.39 is 0 Å². The Bertz CT molecular complexity index is 497. The van der Waals surface area contributed by atoms with Gasteiger partial charge in [-0.15, -0.1) is 22.7 Å². The van der Waals surface area contributed by atoms with E-state index in [2.05, 4.69) is 29.1 Å². The van der Waals surface area contributed by atoms with Crippen molar-refractivity contribution >= 4 is 34.4 Å². The van der Waals surface area contributed by atoms with E-state index in [1.165, 1.54) is 21.2 Å².